The molecule has 2 aromatic carbocycles. The molecule has 0 radical (unpaired) electrons. The van der Waals surface area contributed by atoms with Crippen molar-refractivity contribution in [3.63, 3.8) is 0 Å². The summed E-state index contributed by atoms with van der Waals surface area (Å²) in [5.74, 6) is -0.867. The number of alkyl halides is 1. The zero-order valence-corrected chi connectivity index (χ0v) is 12.3. The summed E-state index contributed by atoms with van der Waals surface area (Å²) in [5, 5.41) is 0.803. The fourth-order valence-corrected chi connectivity index (χ4v) is 2.70. The zero-order chi connectivity index (χ0) is 14.1. The molecular formula is C16H12BrNO2. The molecule has 0 aliphatic carbocycles. The van der Waals surface area contributed by atoms with Crippen LogP contribution < -0.4 is 4.90 Å². The third kappa shape index (κ3) is 2.16. The van der Waals surface area contributed by atoms with Crippen LogP contribution in [-0.4, -0.2) is 11.7 Å². The lowest BCUT2D eigenvalue weighted by molar-refractivity contribution is -0.114. The summed E-state index contributed by atoms with van der Waals surface area (Å²) < 4.78 is 0. The van der Waals surface area contributed by atoms with Crippen LogP contribution in [0.3, 0.4) is 0 Å². The number of hydrogen-bond donors (Lipinski definition) is 0. The Kier molecular flexibility index (Phi) is 3.40. The quantitative estimate of drug-likeness (QED) is 0.640. The number of amides is 1. The second-order valence-electron chi connectivity index (χ2n) is 4.69. The molecule has 0 saturated carbocycles. The van der Waals surface area contributed by atoms with E-state index >= 15 is 0 Å². The molecule has 0 N–H and O–H groups in total. The third-order valence-corrected chi connectivity index (χ3v) is 4.04. The molecule has 0 unspecified atom stereocenters. The molecule has 3 nitrogen and oxygen atoms in total. The Morgan fingerprint density at radius 3 is 2.25 bits per heavy atom. The number of anilines is 1. The van der Waals surface area contributed by atoms with Gasteiger partial charge in [0.05, 0.1) is 17.8 Å². The number of carbonyl (C=O) groups is 2. The molecule has 100 valence electrons. The van der Waals surface area contributed by atoms with Crippen LogP contribution in [-0.2, 0) is 16.7 Å². The van der Waals surface area contributed by atoms with E-state index in [4.69, 9.17) is 0 Å². The first kappa shape index (κ1) is 13.1. The standard InChI is InChI=1S/C16H12BrNO2/c17-9-11-5-7-12(8-6-11)10-18-14-4-2-1-3-13(14)15(19)16(18)20/h1-8H,9-10H2. The summed E-state index contributed by atoms with van der Waals surface area (Å²) in [4.78, 5) is 25.5. The van der Waals surface area contributed by atoms with E-state index in [0.717, 1.165) is 10.9 Å². The minimum absolute atomic E-state index is 0.419. The van der Waals surface area contributed by atoms with Crippen molar-refractivity contribution in [1.82, 2.24) is 0 Å². The van der Waals surface area contributed by atoms with Crippen molar-refractivity contribution in [3.05, 3.63) is 65.2 Å². The van der Waals surface area contributed by atoms with E-state index in [1.165, 1.54) is 5.56 Å². The van der Waals surface area contributed by atoms with E-state index in [9.17, 15) is 9.59 Å². The normalized spacial score (nSPS) is 13.8. The van der Waals surface area contributed by atoms with Crippen molar-refractivity contribution in [2.75, 3.05) is 4.90 Å². The van der Waals surface area contributed by atoms with Gasteiger partial charge in [0.1, 0.15) is 0 Å². The lowest BCUT2D eigenvalue weighted by Gasteiger charge is -2.16. The molecular weight excluding hydrogens is 318 g/mol. The Morgan fingerprint density at radius 1 is 0.900 bits per heavy atom. The average Bonchev–Trinajstić information content (AvgIpc) is 2.74. The van der Waals surface area contributed by atoms with E-state index in [1.807, 2.05) is 36.4 Å². The van der Waals surface area contributed by atoms with Crippen molar-refractivity contribution in [3.8, 4) is 0 Å². The summed E-state index contributed by atoms with van der Waals surface area (Å²) >= 11 is 3.40. The van der Waals surface area contributed by atoms with Crippen molar-refractivity contribution in [1.29, 1.82) is 0 Å². The van der Waals surface area contributed by atoms with Gasteiger partial charge in [-0.3, -0.25) is 9.59 Å². The van der Waals surface area contributed by atoms with Crippen LogP contribution in [0.15, 0.2) is 48.5 Å². The van der Waals surface area contributed by atoms with Crippen LogP contribution in [0.4, 0.5) is 5.69 Å². The van der Waals surface area contributed by atoms with Gasteiger partial charge in [-0.2, -0.15) is 0 Å². The number of rotatable bonds is 3. The molecule has 0 atom stereocenters. The van der Waals surface area contributed by atoms with Gasteiger partial charge in [0.15, 0.2) is 0 Å². The smallest absolute Gasteiger partial charge is 0.299 e. The van der Waals surface area contributed by atoms with Crippen LogP contribution in [0, 0.1) is 0 Å². The first-order valence-corrected chi connectivity index (χ1v) is 7.42. The Bertz CT molecular complexity index is 679. The lowest BCUT2D eigenvalue weighted by atomic mass is 10.1. The highest BCUT2D eigenvalue weighted by molar-refractivity contribution is 9.08. The van der Waals surface area contributed by atoms with Crippen LogP contribution in [0.25, 0.3) is 0 Å². The van der Waals surface area contributed by atoms with Crippen molar-refractivity contribution in [2.24, 2.45) is 0 Å². The number of ketones is 1. The summed E-state index contributed by atoms with van der Waals surface area (Å²) in [5.41, 5.74) is 3.38. The summed E-state index contributed by atoms with van der Waals surface area (Å²) in [6, 6.07) is 15.1. The van der Waals surface area contributed by atoms with Crippen molar-refractivity contribution >= 4 is 33.3 Å². The van der Waals surface area contributed by atoms with Gasteiger partial charge < -0.3 is 4.90 Å². The molecule has 20 heavy (non-hydrogen) atoms. The van der Waals surface area contributed by atoms with Crippen molar-refractivity contribution < 1.29 is 9.59 Å². The predicted octanol–water partition coefficient (Wildman–Crippen LogP) is 3.31. The number of fused-ring (bicyclic) bond motifs is 1. The molecule has 1 aliphatic heterocycles. The monoisotopic (exact) mass is 329 g/mol. The van der Waals surface area contributed by atoms with Gasteiger partial charge in [-0.25, -0.2) is 0 Å². The highest BCUT2D eigenvalue weighted by atomic mass is 79.9. The van der Waals surface area contributed by atoms with Crippen LogP contribution in [0.1, 0.15) is 21.5 Å². The minimum atomic E-state index is -0.448. The largest absolute Gasteiger partial charge is 0.300 e. The number of Topliss-reactive ketones (excluding diaryl/α,β-unsaturated/α-hetero) is 1. The average molecular weight is 330 g/mol. The topological polar surface area (TPSA) is 37.4 Å². The van der Waals surface area contributed by atoms with Gasteiger partial charge in [-0.05, 0) is 23.3 Å². The first-order chi connectivity index (χ1) is 9.70. The minimum Gasteiger partial charge on any atom is -0.300 e. The number of halogens is 1. The third-order valence-electron chi connectivity index (χ3n) is 3.40. The molecule has 0 aromatic heterocycles. The fraction of sp³-hybridized carbons (Fsp3) is 0.125. The van der Waals surface area contributed by atoms with E-state index in [-0.39, 0.29) is 0 Å². The highest BCUT2D eigenvalue weighted by Crippen LogP contribution is 2.29. The zero-order valence-electron chi connectivity index (χ0n) is 10.7. The second-order valence-corrected chi connectivity index (χ2v) is 5.25. The molecule has 1 aliphatic rings. The SMILES string of the molecule is O=C1C(=O)N(Cc2ccc(CBr)cc2)c2ccccc21. The van der Waals surface area contributed by atoms with E-state index in [1.54, 1.807) is 17.0 Å². The number of hydrogen-bond acceptors (Lipinski definition) is 2. The van der Waals surface area contributed by atoms with Gasteiger partial charge in [0.2, 0.25) is 0 Å². The Hall–Kier alpha value is -1.94. The molecule has 2 aromatic rings. The molecule has 1 heterocycles. The predicted molar refractivity (Wildman–Crippen MR) is 81.0 cm³/mol. The van der Waals surface area contributed by atoms with Gasteiger partial charge in [0.25, 0.3) is 11.7 Å². The Balaban J connectivity index is 1.90. The lowest BCUT2D eigenvalue weighted by Crippen LogP contribution is -2.29. The summed E-state index contributed by atoms with van der Waals surface area (Å²) in [6.45, 7) is 0.421. The highest BCUT2D eigenvalue weighted by Gasteiger charge is 2.35. The number of para-hydroxylation sites is 1. The van der Waals surface area contributed by atoms with Crippen LogP contribution in [0.2, 0.25) is 0 Å². The van der Waals surface area contributed by atoms with Gasteiger partial charge in [0, 0.05) is 5.33 Å². The van der Waals surface area contributed by atoms with Gasteiger partial charge >= 0.3 is 0 Å². The molecule has 1 amide bonds. The van der Waals surface area contributed by atoms with Crippen molar-refractivity contribution in [2.45, 2.75) is 11.9 Å². The number of carbonyl (C=O) groups excluding carboxylic acids is 2. The number of nitrogens with zero attached hydrogens (tertiary/aromatic N) is 1. The molecule has 0 spiro atoms. The summed E-state index contributed by atoms with van der Waals surface area (Å²) in [7, 11) is 0. The maximum absolute atomic E-state index is 12.1. The second kappa shape index (κ2) is 5.21. The molecule has 0 fully saturated rings. The molecule has 4 heteroatoms. The maximum atomic E-state index is 12.1. The first-order valence-electron chi connectivity index (χ1n) is 6.29. The number of benzene rings is 2. The van der Waals surface area contributed by atoms with E-state index in [0.29, 0.717) is 17.8 Å². The molecule has 0 saturated heterocycles. The Labute approximate surface area is 125 Å². The summed E-state index contributed by atoms with van der Waals surface area (Å²) in [6.07, 6.45) is 0. The maximum Gasteiger partial charge on any atom is 0.299 e. The van der Waals surface area contributed by atoms with E-state index in [2.05, 4.69) is 15.9 Å². The van der Waals surface area contributed by atoms with E-state index < -0.39 is 11.7 Å². The fourth-order valence-electron chi connectivity index (χ4n) is 2.32. The van der Waals surface area contributed by atoms with Gasteiger partial charge in [-0.1, -0.05) is 52.3 Å². The Morgan fingerprint density at radius 2 is 1.55 bits per heavy atom. The van der Waals surface area contributed by atoms with Crippen LogP contribution >= 0.6 is 15.9 Å². The van der Waals surface area contributed by atoms with Gasteiger partial charge in [-0.15, -0.1) is 0 Å². The molecule has 3 rings (SSSR count). The molecule has 0 bridgehead atoms. The van der Waals surface area contributed by atoms with Crippen LogP contribution in [0.5, 0.6) is 0 Å².